The Balaban J connectivity index is 1.70. The third-order valence-electron chi connectivity index (χ3n) is 3.98. The van der Waals surface area contributed by atoms with Gasteiger partial charge in [-0.05, 0) is 60.5 Å². The van der Waals surface area contributed by atoms with Gasteiger partial charge >= 0.3 is 0 Å². The fourth-order valence-corrected chi connectivity index (χ4v) is 2.45. The topological polar surface area (TPSA) is 71.1 Å². The first-order valence-corrected chi connectivity index (χ1v) is 8.48. The van der Waals surface area contributed by atoms with E-state index < -0.39 is 11.8 Å². The summed E-state index contributed by atoms with van der Waals surface area (Å²) in [5.74, 6) is -1.20. The molecule has 2 amide bonds. The van der Waals surface area contributed by atoms with Crippen LogP contribution in [-0.2, 0) is 6.42 Å². The summed E-state index contributed by atoms with van der Waals surface area (Å²) in [5.41, 5.74) is 2.69. The zero-order valence-corrected chi connectivity index (χ0v) is 14.7. The molecule has 27 heavy (non-hydrogen) atoms. The molecule has 0 spiro atoms. The number of anilines is 2. The molecule has 0 aliphatic heterocycles. The fourth-order valence-electron chi connectivity index (χ4n) is 2.45. The Kier molecular flexibility index (Phi) is 5.56. The highest BCUT2D eigenvalue weighted by molar-refractivity contribution is 6.07. The minimum Gasteiger partial charge on any atom is -0.322 e. The first-order valence-electron chi connectivity index (χ1n) is 8.48. The second-order valence-corrected chi connectivity index (χ2v) is 5.90. The number of nitrogens with zero attached hydrogens (tertiary/aromatic N) is 1. The number of amides is 2. The van der Waals surface area contributed by atoms with Crippen LogP contribution in [0, 0.1) is 5.82 Å². The van der Waals surface area contributed by atoms with E-state index >= 15 is 0 Å². The lowest BCUT2D eigenvalue weighted by atomic mass is 10.1. The molecule has 0 atom stereocenters. The lowest BCUT2D eigenvalue weighted by Crippen LogP contribution is -2.17. The molecule has 2 N–H and O–H groups in total. The van der Waals surface area contributed by atoms with Gasteiger partial charge in [0.05, 0.1) is 0 Å². The number of aryl methyl sites for hydroxylation is 1. The average molecular weight is 363 g/mol. The summed E-state index contributed by atoms with van der Waals surface area (Å²) < 4.78 is 12.9. The van der Waals surface area contributed by atoms with Crippen LogP contribution in [0.3, 0.4) is 0 Å². The maximum absolute atomic E-state index is 12.9. The van der Waals surface area contributed by atoms with Crippen molar-refractivity contribution < 1.29 is 14.0 Å². The molecule has 0 saturated carbocycles. The van der Waals surface area contributed by atoms with Crippen molar-refractivity contribution in [3.8, 4) is 0 Å². The van der Waals surface area contributed by atoms with Crippen LogP contribution in [0.2, 0.25) is 0 Å². The van der Waals surface area contributed by atoms with Crippen molar-refractivity contribution in [2.24, 2.45) is 0 Å². The van der Waals surface area contributed by atoms with Gasteiger partial charge in [-0.3, -0.25) is 14.6 Å². The molecule has 1 heterocycles. The molecule has 1 aromatic heterocycles. The number of carbonyl (C=O) groups excluding carboxylic acids is 2. The molecule has 3 aromatic rings. The molecule has 0 aliphatic carbocycles. The van der Waals surface area contributed by atoms with Crippen molar-refractivity contribution in [1.82, 2.24) is 4.98 Å². The molecule has 0 aliphatic rings. The Morgan fingerprint density at radius 2 is 1.48 bits per heavy atom. The number of halogens is 1. The van der Waals surface area contributed by atoms with E-state index in [1.807, 2.05) is 24.3 Å². The number of aromatic nitrogens is 1. The first kappa shape index (κ1) is 18.3. The molecular formula is C21H18FN3O2. The Hall–Kier alpha value is -3.54. The van der Waals surface area contributed by atoms with Crippen molar-refractivity contribution in [2.75, 3.05) is 10.6 Å². The number of benzene rings is 2. The molecule has 2 aromatic carbocycles. The summed E-state index contributed by atoms with van der Waals surface area (Å²) in [4.78, 5) is 28.8. The van der Waals surface area contributed by atoms with E-state index in [4.69, 9.17) is 0 Å². The van der Waals surface area contributed by atoms with E-state index in [1.165, 1.54) is 48.2 Å². The smallest absolute Gasteiger partial charge is 0.274 e. The second kappa shape index (κ2) is 8.23. The van der Waals surface area contributed by atoms with Crippen LogP contribution in [0.15, 0.2) is 66.9 Å². The average Bonchev–Trinajstić information content (AvgIpc) is 2.70. The SMILES string of the molecule is CCc1ccc(NC(=O)c2cc(C(=O)Nc3ccc(F)cc3)ccn2)cc1. The predicted octanol–water partition coefficient (Wildman–Crippen LogP) is 4.29. The van der Waals surface area contributed by atoms with Gasteiger partial charge in [0.15, 0.2) is 0 Å². The zero-order valence-electron chi connectivity index (χ0n) is 14.7. The van der Waals surface area contributed by atoms with Gasteiger partial charge in [0.2, 0.25) is 0 Å². The number of nitrogens with one attached hydrogen (secondary N) is 2. The van der Waals surface area contributed by atoms with Crippen LogP contribution in [0.25, 0.3) is 0 Å². The standard InChI is InChI=1S/C21H18FN3O2/c1-2-14-3-7-17(8-4-14)25-21(27)19-13-15(11-12-23-19)20(26)24-18-9-5-16(22)6-10-18/h3-13H,2H2,1H3,(H,24,26)(H,25,27). The minimum atomic E-state index is -0.412. The lowest BCUT2D eigenvalue weighted by Gasteiger charge is -2.08. The number of pyridine rings is 1. The van der Waals surface area contributed by atoms with Gasteiger partial charge in [-0.2, -0.15) is 0 Å². The number of hydrogen-bond acceptors (Lipinski definition) is 3. The molecule has 0 saturated heterocycles. The number of rotatable bonds is 5. The fraction of sp³-hybridized carbons (Fsp3) is 0.0952. The lowest BCUT2D eigenvalue weighted by molar-refractivity contribution is 0.102. The molecule has 5 nitrogen and oxygen atoms in total. The van der Waals surface area contributed by atoms with Gasteiger partial charge in [0.25, 0.3) is 11.8 Å². The van der Waals surface area contributed by atoms with Gasteiger partial charge in [0, 0.05) is 23.1 Å². The molecule has 0 bridgehead atoms. The van der Waals surface area contributed by atoms with Crippen molar-refractivity contribution in [3.05, 3.63) is 89.5 Å². The Bertz CT molecular complexity index is 954. The van der Waals surface area contributed by atoms with Gasteiger partial charge in [0.1, 0.15) is 11.5 Å². The van der Waals surface area contributed by atoms with Crippen LogP contribution in [0.5, 0.6) is 0 Å². The monoisotopic (exact) mass is 363 g/mol. The Labute approximate surface area is 156 Å². The maximum Gasteiger partial charge on any atom is 0.274 e. The van der Waals surface area contributed by atoms with E-state index in [1.54, 1.807) is 0 Å². The summed E-state index contributed by atoms with van der Waals surface area (Å²) in [6, 6.07) is 15.9. The molecule has 0 unspecified atom stereocenters. The maximum atomic E-state index is 12.9. The molecule has 0 fully saturated rings. The normalized spacial score (nSPS) is 10.3. The summed E-state index contributed by atoms with van der Waals surface area (Å²) in [6.45, 7) is 2.06. The third-order valence-corrected chi connectivity index (χ3v) is 3.98. The minimum absolute atomic E-state index is 0.126. The van der Waals surface area contributed by atoms with Gasteiger partial charge < -0.3 is 10.6 Å². The molecule has 3 rings (SSSR count). The number of hydrogen-bond donors (Lipinski definition) is 2. The summed E-state index contributed by atoms with van der Waals surface area (Å²) in [5, 5.41) is 5.41. The zero-order chi connectivity index (χ0) is 19.2. The van der Waals surface area contributed by atoms with Crippen LogP contribution in [0.1, 0.15) is 33.3 Å². The van der Waals surface area contributed by atoms with Crippen molar-refractivity contribution in [3.63, 3.8) is 0 Å². The van der Waals surface area contributed by atoms with Crippen LogP contribution >= 0.6 is 0 Å². The van der Waals surface area contributed by atoms with E-state index in [2.05, 4.69) is 22.5 Å². The van der Waals surface area contributed by atoms with Crippen molar-refractivity contribution in [2.45, 2.75) is 13.3 Å². The van der Waals surface area contributed by atoms with Crippen LogP contribution in [0.4, 0.5) is 15.8 Å². The molecular weight excluding hydrogens is 345 g/mol. The van der Waals surface area contributed by atoms with E-state index in [-0.39, 0.29) is 17.1 Å². The predicted molar refractivity (Wildman–Crippen MR) is 102 cm³/mol. The van der Waals surface area contributed by atoms with Crippen LogP contribution < -0.4 is 10.6 Å². The largest absolute Gasteiger partial charge is 0.322 e. The first-order chi connectivity index (χ1) is 13.0. The highest BCUT2D eigenvalue weighted by atomic mass is 19.1. The highest BCUT2D eigenvalue weighted by Crippen LogP contribution is 2.13. The molecule has 6 heteroatoms. The summed E-state index contributed by atoms with van der Waals surface area (Å²) in [7, 11) is 0. The van der Waals surface area contributed by atoms with E-state index in [0.717, 1.165) is 6.42 Å². The summed E-state index contributed by atoms with van der Waals surface area (Å²) in [6.07, 6.45) is 2.32. The number of carbonyl (C=O) groups is 2. The van der Waals surface area contributed by atoms with Gasteiger partial charge in [-0.15, -0.1) is 0 Å². The van der Waals surface area contributed by atoms with Crippen molar-refractivity contribution in [1.29, 1.82) is 0 Å². The summed E-state index contributed by atoms with van der Waals surface area (Å²) >= 11 is 0. The Morgan fingerprint density at radius 1 is 0.889 bits per heavy atom. The Morgan fingerprint density at radius 3 is 2.11 bits per heavy atom. The quantitative estimate of drug-likeness (QED) is 0.710. The van der Waals surface area contributed by atoms with E-state index in [0.29, 0.717) is 11.4 Å². The van der Waals surface area contributed by atoms with E-state index in [9.17, 15) is 14.0 Å². The van der Waals surface area contributed by atoms with Gasteiger partial charge in [-0.25, -0.2) is 4.39 Å². The van der Waals surface area contributed by atoms with Gasteiger partial charge in [-0.1, -0.05) is 19.1 Å². The second-order valence-electron chi connectivity index (χ2n) is 5.90. The third kappa shape index (κ3) is 4.76. The molecule has 136 valence electrons. The van der Waals surface area contributed by atoms with Crippen LogP contribution in [-0.4, -0.2) is 16.8 Å². The highest BCUT2D eigenvalue weighted by Gasteiger charge is 2.12. The van der Waals surface area contributed by atoms with Crippen molar-refractivity contribution >= 4 is 23.2 Å². The molecule has 0 radical (unpaired) electrons.